The predicted molar refractivity (Wildman–Crippen MR) is 40.6 cm³/mol. The van der Waals surface area contributed by atoms with Crippen LogP contribution in [0.4, 0.5) is 0 Å². The Kier molecular flexibility index (Phi) is 4.33. The minimum absolute atomic E-state index is 0.319. The summed E-state index contributed by atoms with van der Waals surface area (Å²) >= 11 is 10.8. The molecule has 0 amide bonds. The van der Waals surface area contributed by atoms with E-state index in [2.05, 4.69) is 13.2 Å². The van der Waals surface area contributed by atoms with Crippen LogP contribution < -0.4 is 0 Å². The van der Waals surface area contributed by atoms with Crippen molar-refractivity contribution in [3.63, 3.8) is 0 Å². The summed E-state index contributed by atoms with van der Waals surface area (Å²) in [6, 6.07) is 0. The molecule has 0 aliphatic rings. The van der Waals surface area contributed by atoms with Crippen LogP contribution in [0.5, 0.6) is 0 Å². The van der Waals surface area contributed by atoms with E-state index < -0.39 is 0 Å². The molecule has 0 aliphatic heterocycles. The van der Waals surface area contributed by atoms with Crippen molar-refractivity contribution in [3.8, 4) is 0 Å². The van der Waals surface area contributed by atoms with Crippen LogP contribution in [0.3, 0.4) is 0 Å². The molecule has 0 rings (SSSR count). The predicted octanol–water partition coefficient (Wildman–Crippen LogP) is 2.15. The van der Waals surface area contributed by atoms with Crippen molar-refractivity contribution >= 4 is 32.7 Å². The van der Waals surface area contributed by atoms with E-state index in [4.69, 9.17) is 23.2 Å². The minimum Gasteiger partial charge on any atom is -0.110 e. The van der Waals surface area contributed by atoms with Gasteiger partial charge >= 0.3 is 0 Å². The van der Waals surface area contributed by atoms with Gasteiger partial charge in [-0.2, -0.15) is 0 Å². The van der Waals surface area contributed by atoms with Crippen LogP contribution in [0.15, 0.2) is 24.4 Å². The maximum Gasteiger partial charge on any atom is 0.123 e. The van der Waals surface area contributed by atoms with E-state index in [1.54, 1.807) is 6.08 Å². The normalized spacial score (nSPS) is 9.38. The molecule has 0 saturated carbocycles. The van der Waals surface area contributed by atoms with Gasteiger partial charge in [0.2, 0.25) is 0 Å². The second-order valence-electron chi connectivity index (χ2n) is 1.17. The first-order chi connectivity index (χ1) is 3.66. The second kappa shape index (κ2) is 4.19. The fourth-order valence-corrected chi connectivity index (χ4v) is 1.44. The Morgan fingerprint density at radius 2 is 2.12 bits per heavy atom. The van der Waals surface area contributed by atoms with Gasteiger partial charge in [-0.3, -0.25) is 0 Å². The fourth-order valence-electron chi connectivity index (χ4n) is 0.199. The van der Waals surface area contributed by atoms with Crippen LogP contribution in [-0.2, 0) is 0 Å². The molecule has 0 fully saturated rings. The topological polar surface area (TPSA) is 0 Å². The molecule has 8 heavy (non-hydrogen) atoms. The molecule has 0 unspecified atom stereocenters. The number of halogens is 2. The third kappa shape index (κ3) is 4.44. The van der Waals surface area contributed by atoms with Crippen LogP contribution in [0.2, 0.25) is 0 Å². The van der Waals surface area contributed by atoms with Crippen molar-refractivity contribution in [1.29, 1.82) is 0 Å². The van der Waals surface area contributed by atoms with E-state index in [1.807, 2.05) is 0 Å². The maximum absolute atomic E-state index is 5.42. The second-order valence-corrected chi connectivity index (χ2v) is 4.51. The molecule has 0 N–H and O–H groups in total. The summed E-state index contributed by atoms with van der Waals surface area (Å²) in [7, 11) is 0.381. The molecule has 0 bridgehead atoms. The average molecular weight is 165 g/mol. The van der Waals surface area contributed by atoms with Crippen LogP contribution in [-0.4, -0.2) is 14.0 Å². The summed E-state index contributed by atoms with van der Waals surface area (Å²) in [4.78, 5) is 0. The molecule has 0 saturated heterocycles. The summed E-state index contributed by atoms with van der Waals surface area (Å²) in [5.41, 5.74) is 0. The third-order valence-electron chi connectivity index (χ3n) is 0.541. The molecule has 0 aromatic carbocycles. The highest BCUT2D eigenvalue weighted by atomic mass is 35.5. The molecule has 0 aliphatic carbocycles. The quantitative estimate of drug-likeness (QED) is 0.341. The van der Waals surface area contributed by atoms with Gasteiger partial charge in [0, 0.05) is 0 Å². The number of rotatable bonds is 3. The Labute approximate surface area is 62.0 Å². The lowest BCUT2D eigenvalue weighted by molar-refractivity contribution is 1.83. The smallest absolute Gasteiger partial charge is 0.110 e. The Balaban J connectivity index is 3.39. The molecule has 0 spiro atoms. The van der Waals surface area contributed by atoms with Gasteiger partial charge in [-0.1, -0.05) is 17.9 Å². The van der Waals surface area contributed by atoms with Crippen molar-refractivity contribution in [2.75, 3.05) is 0 Å². The van der Waals surface area contributed by atoms with Gasteiger partial charge in [0.25, 0.3) is 0 Å². The molecule has 0 aromatic rings. The first kappa shape index (κ1) is 8.28. The largest absolute Gasteiger partial charge is 0.123 e. The Bertz CT molecular complexity index is 98.6. The standard InChI is InChI=1S/C5H6Cl2Si/c1-3-4(2)8-5(6)7/h3,5H,1-2H2. The van der Waals surface area contributed by atoms with E-state index in [0.29, 0.717) is 9.52 Å². The molecule has 0 aromatic heterocycles. The Morgan fingerprint density at radius 1 is 1.62 bits per heavy atom. The van der Waals surface area contributed by atoms with Crippen LogP contribution >= 0.6 is 23.2 Å². The number of hydrogen-bond acceptors (Lipinski definition) is 0. The highest BCUT2D eigenvalue weighted by molar-refractivity contribution is 6.72. The van der Waals surface area contributed by atoms with Gasteiger partial charge in [-0.25, -0.2) is 0 Å². The molecule has 3 heteroatoms. The van der Waals surface area contributed by atoms with E-state index in [9.17, 15) is 0 Å². The van der Waals surface area contributed by atoms with E-state index in [-0.39, 0.29) is 4.46 Å². The summed E-state index contributed by atoms with van der Waals surface area (Å²) in [6.45, 7) is 7.14. The summed E-state index contributed by atoms with van der Waals surface area (Å²) < 4.78 is -0.319. The van der Waals surface area contributed by atoms with Gasteiger partial charge in [-0.15, -0.1) is 29.8 Å². The number of allylic oxidation sites excluding steroid dienone is 2. The molecule has 0 heterocycles. The lowest BCUT2D eigenvalue weighted by Crippen LogP contribution is -2.01. The molecule has 0 atom stereocenters. The van der Waals surface area contributed by atoms with Crippen molar-refractivity contribution in [3.05, 3.63) is 24.4 Å². The summed E-state index contributed by atoms with van der Waals surface area (Å²) in [6.07, 6.45) is 1.66. The number of hydrogen-bond donors (Lipinski definition) is 0. The lowest BCUT2D eigenvalue weighted by atomic mass is 10.6. The summed E-state index contributed by atoms with van der Waals surface area (Å²) in [5.74, 6) is 0. The highest BCUT2D eigenvalue weighted by Crippen LogP contribution is 2.03. The van der Waals surface area contributed by atoms with Gasteiger partial charge in [-0.05, 0) is 0 Å². The molecular formula is C5H6Cl2Si. The van der Waals surface area contributed by atoms with E-state index in [1.165, 1.54) is 0 Å². The molecule has 0 nitrogen and oxygen atoms in total. The van der Waals surface area contributed by atoms with Gasteiger partial charge < -0.3 is 0 Å². The molecular weight excluding hydrogens is 159 g/mol. The van der Waals surface area contributed by atoms with Crippen LogP contribution in [0.25, 0.3) is 0 Å². The zero-order valence-electron chi connectivity index (χ0n) is 4.32. The SMILES string of the molecule is C=CC(=C)[Si]C(Cl)Cl. The van der Waals surface area contributed by atoms with E-state index >= 15 is 0 Å². The Hall–Kier alpha value is 0.277. The van der Waals surface area contributed by atoms with Gasteiger partial charge in [0.15, 0.2) is 0 Å². The van der Waals surface area contributed by atoms with Crippen LogP contribution in [0.1, 0.15) is 0 Å². The van der Waals surface area contributed by atoms with Gasteiger partial charge in [0.1, 0.15) is 9.52 Å². The molecule has 2 radical (unpaired) electrons. The monoisotopic (exact) mass is 164 g/mol. The number of alkyl halides is 2. The first-order valence-corrected chi connectivity index (χ1v) is 3.98. The van der Waals surface area contributed by atoms with Gasteiger partial charge in [0.05, 0.1) is 4.46 Å². The first-order valence-electron chi connectivity index (χ1n) is 2.03. The molecule has 44 valence electrons. The third-order valence-corrected chi connectivity index (χ3v) is 1.99. The summed E-state index contributed by atoms with van der Waals surface area (Å²) in [5, 5.41) is 0.903. The van der Waals surface area contributed by atoms with Crippen molar-refractivity contribution < 1.29 is 0 Å². The van der Waals surface area contributed by atoms with Crippen LogP contribution in [0, 0.1) is 0 Å². The minimum atomic E-state index is -0.319. The Morgan fingerprint density at radius 3 is 2.25 bits per heavy atom. The van der Waals surface area contributed by atoms with Crippen molar-refractivity contribution in [2.45, 2.75) is 4.46 Å². The average Bonchev–Trinajstić information content (AvgIpc) is 1.65. The zero-order valence-corrected chi connectivity index (χ0v) is 6.84. The highest BCUT2D eigenvalue weighted by Gasteiger charge is 1.99. The van der Waals surface area contributed by atoms with Crippen molar-refractivity contribution in [1.82, 2.24) is 0 Å². The fraction of sp³-hybridized carbons (Fsp3) is 0.200. The van der Waals surface area contributed by atoms with Crippen molar-refractivity contribution in [2.24, 2.45) is 0 Å². The lowest BCUT2D eigenvalue weighted by Gasteiger charge is -1.94. The maximum atomic E-state index is 5.42. The van der Waals surface area contributed by atoms with E-state index in [0.717, 1.165) is 5.20 Å². The zero-order chi connectivity index (χ0) is 6.57.